The van der Waals surface area contributed by atoms with Crippen LogP contribution in [0.15, 0.2) is 63.4 Å². The Hall–Kier alpha value is -2.47. The third kappa shape index (κ3) is 4.81. The molecule has 1 amide bonds. The molecule has 1 aromatic rings. The number of thioether (sulfide) groups is 1. The fourth-order valence-corrected chi connectivity index (χ4v) is 4.57. The Labute approximate surface area is 182 Å². The molecule has 0 spiro atoms. The molecule has 2 heterocycles. The maximum atomic E-state index is 13.1. The molecule has 1 aliphatic carbocycles. The molecule has 158 valence electrons. The lowest BCUT2D eigenvalue weighted by molar-refractivity contribution is -0.122. The number of hydrogen-bond donors (Lipinski definition) is 0. The molecular formula is C24H28N2O3S. The fourth-order valence-electron chi connectivity index (χ4n) is 3.57. The first-order valence-corrected chi connectivity index (χ1v) is 11.3. The van der Waals surface area contributed by atoms with Crippen molar-refractivity contribution in [2.24, 2.45) is 10.9 Å². The maximum Gasteiger partial charge on any atom is 0.266 e. The summed E-state index contributed by atoms with van der Waals surface area (Å²) < 4.78 is 11.4. The highest BCUT2D eigenvalue weighted by atomic mass is 32.2. The number of amidine groups is 1. The number of nitrogens with zero attached hydrogens (tertiary/aromatic N) is 2. The molecule has 3 aliphatic rings. The molecule has 0 bridgehead atoms. The Morgan fingerprint density at radius 2 is 1.93 bits per heavy atom. The van der Waals surface area contributed by atoms with E-state index in [0.717, 1.165) is 45.6 Å². The van der Waals surface area contributed by atoms with E-state index in [-0.39, 0.29) is 5.91 Å². The summed E-state index contributed by atoms with van der Waals surface area (Å²) in [6.07, 6.45) is 5.66. The zero-order valence-corrected chi connectivity index (χ0v) is 18.6. The van der Waals surface area contributed by atoms with Gasteiger partial charge in [-0.1, -0.05) is 43.7 Å². The number of aliphatic imine (C=N–C) groups is 1. The van der Waals surface area contributed by atoms with Crippen LogP contribution in [-0.2, 0) is 20.8 Å². The lowest BCUT2D eigenvalue weighted by atomic mass is 10.0. The van der Waals surface area contributed by atoms with Gasteiger partial charge in [0, 0.05) is 13.0 Å². The van der Waals surface area contributed by atoms with Crippen molar-refractivity contribution in [2.45, 2.75) is 40.2 Å². The highest BCUT2D eigenvalue weighted by Gasteiger charge is 2.34. The van der Waals surface area contributed by atoms with Gasteiger partial charge in [0.15, 0.2) is 10.9 Å². The van der Waals surface area contributed by atoms with Crippen molar-refractivity contribution in [1.82, 2.24) is 4.90 Å². The number of aryl methyl sites for hydroxylation is 1. The number of allylic oxidation sites excluding steroid dienone is 4. The van der Waals surface area contributed by atoms with Crippen LogP contribution in [0.2, 0.25) is 0 Å². The molecule has 5 nitrogen and oxygen atoms in total. The maximum absolute atomic E-state index is 13.1. The summed E-state index contributed by atoms with van der Waals surface area (Å²) in [5.74, 6) is 2.14. The minimum absolute atomic E-state index is 0.0397. The molecule has 1 fully saturated rings. The molecule has 0 atom stereocenters. The van der Waals surface area contributed by atoms with Crippen LogP contribution in [0.3, 0.4) is 0 Å². The van der Waals surface area contributed by atoms with Crippen LogP contribution >= 0.6 is 11.8 Å². The summed E-state index contributed by atoms with van der Waals surface area (Å²) >= 11 is 1.47. The summed E-state index contributed by atoms with van der Waals surface area (Å²) in [5.41, 5.74) is 3.47. The molecule has 0 N–H and O–H groups in total. The van der Waals surface area contributed by atoms with Crippen LogP contribution in [0.1, 0.15) is 37.8 Å². The molecule has 4 rings (SSSR count). The molecule has 30 heavy (non-hydrogen) atoms. The Balaban J connectivity index is 1.56. The van der Waals surface area contributed by atoms with E-state index in [1.807, 2.05) is 17.1 Å². The lowest BCUT2D eigenvalue weighted by Gasteiger charge is -2.24. The van der Waals surface area contributed by atoms with Crippen molar-refractivity contribution in [3.8, 4) is 0 Å². The van der Waals surface area contributed by atoms with Gasteiger partial charge in [0.05, 0.1) is 11.4 Å². The third-order valence-electron chi connectivity index (χ3n) is 5.12. The normalized spacial score (nSPS) is 21.8. The second-order valence-corrected chi connectivity index (χ2v) is 9.22. The minimum atomic E-state index is 0.0397. The van der Waals surface area contributed by atoms with Gasteiger partial charge < -0.3 is 9.47 Å². The van der Waals surface area contributed by atoms with Gasteiger partial charge in [-0.15, -0.1) is 0 Å². The fraction of sp³-hybridized carbons (Fsp3) is 0.417. The van der Waals surface area contributed by atoms with E-state index in [2.05, 4.69) is 45.0 Å². The van der Waals surface area contributed by atoms with Crippen LogP contribution in [0.5, 0.6) is 0 Å². The standard InChI is InChI=1S/C24H28N2O3S/c1-16(2)15-26-23(27)22(13-19-8-9-20-21(12-19)29-11-10-28-20)30-24(26)25-14-18-6-4-17(3)5-7-18/h4-7,12-13,16H,8-11,14-15H2,1-3H3/b22-13-,25-24?. The quantitative estimate of drug-likeness (QED) is 0.628. The highest BCUT2D eigenvalue weighted by Crippen LogP contribution is 2.35. The van der Waals surface area contributed by atoms with Crippen LogP contribution in [0.25, 0.3) is 0 Å². The van der Waals surface area contributed by atoms with Gasteiger partial charge in [-0.2, -0.15) is 0 Å². The summed E-state index contributed by atoms with van der Waals surface area (Å²) in [4.78, 5) is 20.5. The average molecular weight is 425 g/mol. The van der Waals surface area contributed by atoms with Crippen molar-refractivity contribution >= 4 is 22.8 Å². The number of ether oxygens (including phenoxy) is 2. The monoisotopic (exact) mass is 424 g/mol. The molecule has 0 aromatic heterocycles. The Bertz CT molecular complexity index is 942. The second-order valence-electron chi connectivity index (χ2n) is 8.21. The van der Waals surface area contributed by atoms with E-state index in [9.17, 15) is 4.79 Å². The van der Waals surface area contributed by atoms with E-state index in [1.165, 1.54) is 17.3 Å². The topological polar surface area (TPSA) is 51.1 Å². The number of carbonyl (C=O) groups is 1. The van der Waals surface area contributed by atoms with Crippen LogP contribution in [0, 0.1) is 12.8 Å². The molecular weight excluding hydrogens is 396 g/mol. The van der Waals surface area contributed by atoms with Crippen molar-refractivity contribution in [3.63, 3.8) is 0 Å². The van der Waals surface area contributed by atoms with Gasteiger partial charge in [-0.05, 0) is 54.3 Å². The predicted octanol–water partition coefficient (Wildman–Crippen LogP) is 4.94. The SMILES string of the molecule is Cc1ccc(CN=C2S/C(=C\C3=CC4=C(CC3)OCCO4)C(=O)N2CC(C)C)cc1. The van der Waals surface area contributed by atoms with Crippen molar-refractivity contribution in [3.05, 3.63) is 69.5 Å². The second kappa shape index (κ2) is 9.13. The number of amides is 1. The average Bonchev–Trinajstić information content (AvgIpc) is 3.02. The summed E-state index contributed by atoms with van der Waals surface area (Å²) in [6, 6.07) is 8.37. The van der Waals surface area contributed by atoms with Gasteiger partial charge in [-0.25, -0.2) is 0 Å². The van der Waals surface area contributed by atoms with Gasteiger partial charge in [0.25, 0.3) is 5.91 Å². The zero-order valence-electron chi connectivity index (χ0n) is 17.8. The van der Waals surface area contributed by atoms with Crippen molar-refractivity contribution < 1.29 is 14.3 Å². The van der Waals surface area contributed by atoms with Crippen LogP contribution in [-0.4, -0.2) is 35.7 Å². The van der Waals surface area contributed by atoms with Crippen LogP contribution in [0.4, 0.5) is 0 Å². The number of benzene rings is 1. The molecule has 0 saturated carbocycles. The van der Waals surface area contributed by atoms with E-state index >= 15 is 0 Å². The minimum Gasteiger partial charge on any atom is -0.491 e. The van der Waals surface area contributed by atoms with E-state index in [1.54, 1.807) is 0 Å². The van der Waals surface area contributed by atoms with E-state index in [0.29, 0.717) is 32.2 Å². The summed E-state index contributed by atoms with van der Waals surface area (Å²) in [7, 11) is 0. The predicted molar refractivity (Wildman–Crippen MR) is 121 cm³/mol. The van der Waals surface area contributed by atoms with Crippen molar-refractivity contribution in [2.75, 3.05) is 19.8 Å². The largest absolute Gasteiger partial charge is 0.491 e. The highest BCUT2D eigenvalue weighted by molar-refractivity contribution is 8.18. The zero-order chi connectivity index (χ0) is 21.1. The lowest BCUT2D eigenvalue weighted by Crippen LogP contribution is -2.32. The first-order valence-electron chi connectivity index (χ1n) is 10.5. The van der Waals surface area contributed by atoms with Gasteiger partial charge in [0.2, 0.25) is 0 Å². The first kappa shape index (κ1) is 20.8. The third-order valence-corrected chi connectivity index (χ3v) is 6.16. The molecule has 1 saturated heterocycles. The van der Waals surface area contributed by atoms with Crippen molar-refractivity contribution in [1.29, 1.82) is 0 Å². The van der Waals surface area contributed by atoms with Gasteiger partial charge in [-0.3, -0.25) is 14.7 Å². The Morgan fingerprint density at radius 1 is 1.17 bits per heavy atom. The Morgan fingerprint density at radius 3 is 2.70 bits per heavy atom. The number of carbonyl (C=O) groups excluding carboxylic acids is 1. The molecule has 0 unspecified atom stereocenters. The molecule has 2 aliphatic heterocycles. The van der Waals surface area contributed by atoms with Gasteiger partial charge in [0.1, 0.15) is 19.0 Å². The molecule has 6 heteroatoms. The van der Waals surface area contributed by atoms with Gasteiger partial charge >= 0.3 is 0 Å². The first-order chi connectivity index (χ1) is 14.5. The van der Waals surface area contributed by atoms with E-state index < -0.39 is 0 Å². The molecule has 1 aromatic carbocycles. The number of hydrogen-bond acceptors (Lipinski definition) is 5. The smallest absolute Gasteiger partial charge is 0.266 e. The summed E-state index contributed by atoms with van der Waals surface area (Å²) in [6.45, 7) is 8.74. The number of rotatable bonds is 5. The Kier molecular flexibility index (Phi) is 6.32. The van der Waals surface area contributed by atoms with Crippen LogP contribution < -0.4 is 0 Å². The summed E-state index contributed by atoms with van der Waals surface area (Å²) in [5, 5.41) is 0.786. The molecule has 0 radical (unpaired) electrons. The van der Waals surface area contributed by atoms with E-state index in [4.69, 9.17) is 14.5 Å².